The van der Waals surface area contributed by atoms with E-state index in [0.717, 1.165) is 6.04 Å². The van der Waals surface area contributed by atoms with Crippen LogP contribution < -0.4 is 5.32 Å². The largest absolute Gasteiger partial charge is 0.311 e. The van der Waals surface area contributed by atoms with Crippen LogP contribution in [0.4, 0.5) is 0 Å². The quantitative estimate of drug-likeness (QED) is 0.910. The lowest BCUT2D eigenvalue weighted by molar-refractivity contribution is 0.123. The minimum atomic E-state index is 0.604. The van der Waals surface area contributed by atoms with Crippen LogP contribution in [-0.2, 0) is 12.8 Å². The van der Waals surface area contributed by atoms with E-state index >= 15 is 0 Å². The first-order valence-corrected chi connectivity index (χ1v) is 8.29. The van der Waals surface area contributed by atoms with Crippen molar-refractivity contribution in [3.8, 4) is 0 Å². The number of fused-ring (bicyclic) bond motifs is 1. The average molecular weight is 272 g/mol. The van der Waals surface area contributed by atoms with Crippen molar-refractivity contribution in [2.75, 3.05) is 13.1 Å². The Balaban J connectivity index is 1.62. The van der Waals surface area contributed by atoms with Crippen LogP contribution in [-0.4, -0.2) is 36.1 Å². The highest BCUT2D eigenvalue weighted by molar-refractivity contribution is 5.30. The van der Waals surface area contributed by atoms with Crippen molar-refractivity contribution in [2.24, 2.45) is 0 Å². The SMILES string of the molecule is CC(C)NC1CCCN(C2CCc3ccccc3C2)C1. The molecule has 1 aliphatic carbocycles. The molecule has 2 heteroatoms. The highest BCUT2D eigenvalue weighted by atomic mass is 15.2. The predicted molar refractivity (Wildman–Crippen MR) is 85.1 cm³/mol. The molecule has 110 valence electrons. The maximum atomic E-state index is 3.73. The number of rotatable bonds is 3. The van der Waals surface area contributed by atoms with Gasteiger partial charge in [-0.1, -0.05) is 38.1 Å². The Labute approximate surface area is 123 Å². The zero-order chi connectivity index (χ0) is 13.9. The van der Waals surface area contributed by atoms with Crippen molar-refractivity contribution in [3.05, 3.63) is 35.4 Å². The summed E-state index contributed by atoms with van der Waals surface area (Å²) in [5.74, 6) is 0. The minimum Gasteiger partial charge on any atom is -0.311 e. The van der Waals surface area contributed by atoms with Crippen LogP contribution in [0.2, 0.25) is 0 Å². The fourth-order valence-electron chi connectivity index (χ4n) is 3.94. The number of nitrogens with one attached hydrogen (secondary N) is 1. The second-order valence-electron chi connectivity index (χ2n) is 6.82. The lowest BCUT2D eigenvalue weighted by atomic mass is 9.86. The van der Waals surface area contributed by atoms with Crippen molar-refractivity contribution in [2.45, 2.75) is 64.1 Å². The Bertz CT molecular complexity index is 441. The highest BCUT2D eigenvalue weighted by Gasteiger charge is 2.28. The maximum Gasteiger partial charge on any atom is 0.0197 e. The molecular formula is C18H28N2. The first-order valence-electron chi connectivity index (χ1n) is 8.29. The number of likely N-dealkylation sites (tertiary alicyclic amines) is 1. The fourth-order valence-corrected chi connectivity index (χ4v) is 3.94. The van der Waals surface area contributed by atoms with E-state index in [1.807, 2.05) is 0 Å². The van der Waals surface area contributed by atoms with E-state index in [0.29, 0.717) is 12.1 Å². The monoisotopic (exact) mass is 272 g/mol. The summed E-state index contributed by atoms with van der Waals surface area (Å²) in [6, 6.07) is 11.1. The van der Waals surface area contributed by atoms with Gasteiger partial charge in [-0.05, 0) is 49.8 Å². The van der Waals surface area contributed by atoms with Gasteiger partial charge in [-0.25, -0.2) is 0 Å². The van der Waals surface area contributed by atoms with E-state index in [1.165, 1.54) is 45.2 Å². The first-order chi connectivity index (χ1) is 9.72. The molecule has 1 saturated heterocycles. The van der Waals surface area contributed by atoms with Gasteiger partial charge in [0.05, 0.1) is 0 Å². The van der Waals surface area contributed by atoms with E-state index in [4.69, 9.17) is 0 Å². The second kappa shape index (κ2) is 6.28. The number of benzene rings is 1. The molecule has 20 heavy (non-hydrogen) atoms. The van der Waals surface area contributed by atoms with Crippen LogP contribution in [0.25, 0.3) is 0 Å². The molecule has 1 N–H and O–H groups in total. The minimum absolute atomic E-state index is 0.604. The van der Waals surface area contributed by atoms with E-state index in [2.05, 4.69) is 48.3 Å². The normalized spacial score (nSPS) is 27.6. The van der Waals surface area contributed by atoms with Crippen LogP contribution in [0, 0.1) is 0 Å². The van der Waals surface area contributed by atoms with Gasteiger partial charge in [-0.3, -0.25) is 4.90 Å². The van der Waals surface area contributed by atoms with Gasteiger partial charge in [0.2, 0.25) is 0 Å². The molecule has 0 amide bonds. The summed E-state index contributed by atoms with van der Waals surface area (Å²) in [7, 11) is 0. The summed E-state index contributed by atoms with van der Waals surface area (Å²) in [5.41, 5.74) is 3.17. The van der Waals surface area contributed by atoms with E-state index in [-0.39, 0.29) is 0 Å². The van der Waals surface area contributed by atoms with Crippen LogP contribution in [0.1, 0.15) is 44.2 Å². The summed E-state index contributed by atoms with van der Waals surface area (Å²) in [4.78, 5) is 2.75. The van der Waals surface area contributed by atoms with Gasteiger partial charge in [0.15, 0.2) is 0 Å². The van der Waals surface area contributed by atoms with Crippen LogP contribution >= 0.6 is 0 Å². The first kappa shape index (κ1) is 14.1. The number of nitrogens with zero attached hydrogens (tertiary/aromatic N) is 1. The molecule has 2 unspecified atom stereocenters. The van der Waals surface area contributed by atoms with Gasteiger partial charge in [0.1, 0.15) is 0 Å². The molecule has 0 spiro atoms. The Morgan fingerprint density at radius 3 is 2.75 bits per heavy atom. The van der Waals surface area contributed by atoms with Gasteiger partial charge in [0, 0.05) is 24.7 Å². The lowest BCUT2D eigenvalue weighted by Crippen LogP contribution is -2.52. The van der Waals surface area contributed by atoms with Gasteiger partial charge in [0.25, 0.3) is 0 Å². The smallest absolute Gasteiger partial charge is 0.0197 e. The summed E-state index contributed by atoms with van der Waals surface area (Å²) < 4.78 is 0. The van der Waals surface area contributed by atoms with Crippen molar-refractivity contribution in [1.29, 1.82) is 0 Å². The summed E-state index contributed by atoms with van der Waals surface area (Å²) in [6.45, 7) is 7.06. The zero-order valence-electron chi connectivity index (χ0n) is 12.9. The Morgan fingerprint density at radius 2 is 1.95 bits per heavy atom. The van der Waals surface area contributed by atoms with Crippen LogP contribution in [0.15, 0.2) is 24.3 Å². The zero-order valence-corrected chi connectivity index (χ0v) is 12.9. The molecule has 1 heterocycles. The standard InChI is InChI=1S/C18H28N2/c1-14(2)19-17-8-5-11-20(13-17)18-10-9-15-6-3-4-7-16(15)12-18/h3-4,6-7,14,17-19H,5,8-13H2,1-2H3. The Kier molecular flexibility index (Phi) is 4.42. The van der Waals surface area contributed by atoms with Crippen molar-refractivity contribution in [1.82, 2.24) is 10.2 Å². The summed E-state index contributed by atoms with van der Waals surface area (Å²) >= 11 is 0. The predicted octanol–water partition coefficient (Wildman–Crippen LogP) is 3.01. The fraction of sp³-hybridized carbons (Fsp3) is 0.667. The van der Waals surface area contributed by atoms with E-state index in [1.54, 1.807) is 11.1 Å². The molecule has 0 saturated carbocycles. The van der Waals surface area contributed by atoms with Gasteiger partial charge in [-0.2, -0.15) is 0 Å². The van der Waals surface area contributed by atoms with Crippen molar-refractivity contribution < 1.29 is 0 Å². The summed E-state index contributed by atoms with van der Waals surface area (Å²) in [5, 5.41) is 3.73. The number of hydrogen-bond donors (Lipinski definition) is 1. The highest BCUT2D eigenvalue weighted by Crippen LogP contribution is 2.26. The van der Waals surface area contributed by atoms with E-state index < -0.39 is 0 Å². The van der Waals surface area contributed by atoms with Gasteiger partial charge in [-0.15, -0.1) is 0 Å². The molecule has 2 atom stereocenters. The maximum absolute atomic E-state index is 3.73. The van der Waals surface area contributed by atoms with Crippen molar-refractivity contribution in [3.63, 3.8) is 0 Å². The van der Waals surface area contributed by atoms with Crippen molar-refractivity contribution >= 4 is 0 Å². The third-order valence-electron chi connectivity index (χ3n) is 4.86. The molecule has 1 fully saturated rings. The van der Waals surface area contributed by atoms with Gasteiger partial charge >= 0.3 is 0 Å². The van der Waals surface area contributed by atoms with Crippen LogP contribution in [0.3, 0.4) is 0 Å². The second-order valence-corrected chi connectivity index (χ2v) is 6.82. The van der Waals surface area contributed by atoms with Gasteiger partial charge < -0.3 is 5.32 Å². The molecule has 3 rings (SSSR count). The third kappa shape index (κ3) is 3.24. The third-order valence-corrected chi connectivity index (χ3v) is 4.86. The number of hydrogen-bond acceptors (Lipinski definition) is 2. The molecule has 0 radical (unpaired) electrons. The molecule has 2 aliphatic rings. The molecule has 1 aromatic carbocycles. The Morgan fingerprint density at radius 1 is 1.15 bits per heavy atom. The molecule has 1 aliphatic heterocycles. The average Bonchev–Trinajstić information content (AvgIpc) is 2.46. The molecule has 2 nitrogen and oxygen atoms in total. The van der Waals surface area contributed by atoms with E-state index in [9.17, 15) is 0 Å². The number of aryl methyl sites for hydroxylation is 1. The topological polar surface area (TPSA) is 15.3 Å². The molecule has 0 bridgehead atoms. The molecular weight excluding hydrogens is 244 g/mol. The summed E-state index contributed by atoms with van der Waals surface area (Å²) in [6.07, 6.45) is 6.55. The number of piperidine rings is 1. The Hall–Kier alpha value is -0.860. The lowest BCUT2D eigenvalue weighted by Gasteiger charge is -2.41. The molecule has 0 aromatic heterocycles. The molecule has 1 aromatic rings. The van der Waals surface area contributed by atoms with Crippen LogP contribution in [0.5, 0.6) is 0 Å².